The first-order valence-electron chi connectivity index (χ1n) is 5.14. The third-order valence-electron chi connectivity index (χ3n) is 2.66. The third-order valence-corrected chi connectivity index (χ3v) is 2.66. The molecule has 1 aromatic rings. The van der Waals surface area contributed by atoms with Crippen molar-refractivity contribution in [3.05, 3.63) is 29.3 Å². The summed E-state index contributed by atoms with van der Waals surface area (Å²) in [6.45, 7) is 3.63. The lowest BCUT2D eigenvalue weighted by Gasteiger charge is -2.14. The highest BCUT2D eigenvalue weighted by atomic mass is 16.5. The molecular weight excluding hydrogens is 188 g/mol. The Bertz CT molecular complexity index is 389. The number of hydrogen-bond acceptors (Lipinski definition) is 3. The fourth-order valence-electron chi connectivity index (χ4n) is 1.72. The maximum Gasteiger partial charge on any atom is 0.0992 e. The zero-order valence-corrected chi connectivity index (χ0v) is 8.79. The van der Waals surface area contributed by atoms with E-state index in [1.807, 2.05) is 25.1 Å². The first kappa shape index (κ1) is 10.0. The van der Waals surface area contributed by atoms with Crippen molar-refractivity contribution < 1.29 is 4.74 Å². The number of benzene rings is 1. The van der Waals surface area contributed by atoms with Gasteiger partial charge in [-0.05, 0) is 31.0 Å². The molecule has 1 fully saturated rings. The van der Waals surface area contributed by atoms with E-state index in [0.717, 1.165) is 25.3 Å². The summed E-state index contributed by atoms with van der Waals surface area (Å²) in [7, 11) is 0. The van der Waals surface area contributed by atoms with Gasteiger partial charge in [0.05, 0.1) is 24.3 Å². The molecule has 1 aromatic carbocycles. The van der Waals surface area contributed by atoms with Crippen LogP contribution in [0.5, 0.6) is 0 Å². The van der Waals surface area contributed by atoms with Crippen molar-refractivity contribution in [3.8, 4) is 6.07 Å². The highest BCUT2D eigenvalue weighted by Gasteiger charge is 2.15. The van der Waals surface area contributed by atoms with Gasteiger partial charge in [-0.3, -0.25) is 0 Å². The van der Waals surface area contributed by atoms with Gasteiger partial charge in [0.25, 0.3) is 0 Å². The van der Waals surface area contributed by atoms with Gasteiger partial charge in [0.15, 0.2) is 0 Å². The molecule has 78 valence electrons. The lowest BCUT2D eigenvalue weighted by Crippen LogP contribution is -2.19. The standard InChI is InChI=1S/C12H14N2O/c1-9-2-3-10(7-13)6-12(9)14-11-4-5-15-8-11/h2-3,6,11,14H,4-5,8H2,1H3. The summed E-state index contributed by atoms with van der Waals surface area (Å²) in [4.78, 5) is 0. The summed E-state index contributed by atoms with van der Waals surface area (Å²) < 4.78 is 5.30. The highest BCUT2D eigenvalue weighted by molar-refractivity contribution is 5.55. The largest absolute Gasteiger partial charge is 0.380 e. The van der Waals surface area contributed by atoms with E-state index in [1.165, 1.54) is 5.56 Å². The van der Waals surface area contributed by atoms with E-state index >= 15 is 0 Å². The van der Waals surface area contributed by atoms with Crippen LogP contribution in [0.3, 0.4) is 0 Å². The van der Waals surface area contributed by atoms with E-state index in [9.17, 15) is 0 Å². The van der Waals surface area contributed by atoms with E-state index in [1.54, 1.807) is 0 Å². The number of nitrogens with zero attached hydrogens (tertiary/aromatic N) is 1. The van der Waals surface area contributed by atoms with Crippen LogP contribution in [0, 0.1) is 18.3 Å². The van der Waals surface area contributed by atoms with Crippen LogP contribution >= 0.6 is 0 Å². The lowest BCUT2D eigenvalue weighted by molar-refractivity contribution is 0.195. The van der Waals surface area contributed by atoms with E-state index < -0.39 is 0 Å². The molecule has 0 amide bonds. The molecule has 15 heavy (non-hydrogen) atoms. The topological polar surface area (TPSA) is 45.0 Å². The highest BCUT2D eigenvalue weighted by Crippen LogP contribution is 2.19. The number of rotatable bonds is 2. The van der Waals surface area contributed by atoms with Crippen LogP contribution < -0.4 is 5.32 Å². The van der Waals surface area contributed by atoms with Crippen molar-refractivity contribution >= 4 is 5.69 Å². The van der Waals surface area contributed by atoms with Crippen molar-refractivity contribution in [3.63, 3.8) is 0 Å². The van der Waals surface area contributed by atoms with Crippen LogP contribution in [0.25, 0.3) is 0 Å². The summed E-state index contributed by atoms with van der Waals surface area (Å²) in [6.07, 6.45) is 1.04. The average molecular weight is 202 g/mol. The van der Waals surface area contributed by atoms with E-state index in [-0.39, 0.29) is 0 Å². The minimum absolute atomic E-state index is 0.387. The quantitative estimate of drug-likeness (QED) is 0.798. The smallest absolute Gasteiger partial charge is 0.0992 e. The Balaban J connectivity index is 2.15. The van der Waals surface area contributed by atoms with E-state index in [0.29, 0.717) is 11.6 Å². The van der Waals surface area contributed by atoms with Gasteiger partial charge in [-0.2, -0.15) is 5.26 Å². The van der Waals surface area contributed by atoms with Crippen LogP contribution in [0.1, 0.15) is 17.5 Å². The predicted octanol–water partition coefficient (Wildman–Crippen LogP) is 2.07. The van der Waals surface area contributed by atoms with Crippen LogP contribution in [-0.4, -0.2) is 19.3 Å². The molecule has 3 heteroatoms. The number of anilines is 1. The van der Waals surface area contributed by atoms with E-state index in [4.69, 9.17) is 10.00 Å². The maximum absolute atomic E-state index is 8.81. The van der Waals surface area contributed by atoms with Crippen molar-refractivity contribution in [2.75, 3.05) is 18.5 Å². The van der Waals surface area contributed by atoms with Crippen LogP contribution in [0.2, 0.25) is 0 Å². The number of aryl methyl sites for hydroxylation is 1. The van der Waals surface area contributed by atoms with Gasteiger partial charge in [-0.1, -0.05) is 6.07 Å². The van der Waals surface area contributed by atoms with Crippen LogP contribution in [0.4, 0.5) is 5.69 Å². The molecule has 1 unspecified atom stereocenters. The Hall–Kier alpha value is -1.53. The van der Waals surface area contributed by atoms with Gasteiger partial charge >= 0.3 is 0 Å². The molecule has 1 heterocycles. The molecule has 1 saturated heterocycles. The molecule has 2 rings (SSSR count). The second kappa shape index (κ2) is 4.33. The molecule has 1 atom stereocenters. The normalized spacial score (nSPS) is 19.9. The predicted molar refractivity (Wildman–Crippen MR) is 58.7 cm³/mol. The second-order valence-corrected chi connectivity index (χ2v) is 3.85. The number of hydrogen-bond donors (Lipinski definition) is 1. The van der Waals surface area contributed by atoms with Crippen LogP contribution in [-0.2, 0) is 4.74 Å². The maximum atomic E-state index is 8.81. The van der Waals surface area contributed by atoms with Gasteiger partial charge in [-0.15, -0.1) is 0 Å². The minimum Gasteiger partial charge on any atom is -0.380 e. The van der Waals surface area contributed by atoms with Gasteiger partial charge in [0.2, 0.25) is 0 Å². The SMILES string of the molecule is Cc1ccc(C#N)cc1NC1CCOC1. The average Bonchev–Trinajstić information content (AvgIpc) is 2.74. The van der Waals surface area contributed by atoms with Gasteiger partial charge in [0.1, 0.15) is 0 Å². The molecular formula is C12H14N2O. The molecule has 0 aromatic heterocycles. The molecule has 1 N–H and O–H groups in total. The van der Waals surface area contributed by atoms with Crippen molar-refractivity contribution in [1.29, 1.82) is 5.26 Å². The zero-order chi connectivity index (χ0) is 10.7. The first-order chi connectivity index (χ1) is 7.29. The Kier molecular flexibility index (Phi) is 2.89. The summed E-state index contributed by atoms with van der Waals surface area (Å²) >= 11 is 0. The third kappa shape index (κ3) is 2.28. The second-order valence-electron chi connectivity index (χ2n) is 3.85. The Morgan fingerprint density at radius 3 is 3.07 bits per heavy atom. The zero-order valence-electron chi connectivity index (χ0n) is 8.79. The summed E-state index contributed by atoms with van der Waals surface area (Å²) in [5.41, 5.74) is 2.91. The minimum atomic E-state index is 0.387. The number of ether oxygens (including phenoxy) is 1. The number of nitrogens with one attached hydrogen (secondary N) is 1. The van der Waals surface area contributed by atoms with Gasteiger partial charge < -0.3 is 10.1 Å². The Labute approximate surface area is 89.7 Å². The van der Waals surface area contributed by atoms with Crippen LogP contribution in [0.15, 0.2) is 18.2 Å². The molecule has 1 aliphatic rings. The molecule has 0 spiro atoms. The van der Waals surface area contributed by atoms with Crippen molar-refractivity contribution in [1.82, 2.24) is 0 Å². The Morgan fingerprint density at radius 1 is 1.53 bits per heavy atom. The molecule has 3 nitrogen and oxygen atoms in total. The van der Waals surface area contributed by atoms with E-state index in [2.05, 4.69) is 11.4 Å². The molecule has 0 saturated carbocycles. The summed E-state index contributed by atoms with van der Waals surface area (Å²) in [5, 5.41) is 12.2. The lowest BCUT2D eigenvalue weighted by atomic mass is 10.1. The van der Waals surface area contributed by atoms with Gasteiger partial charge in [-0.25, -0.2) is 0 Å². The number of nitriles is 1. The van der Waals surface area contributed by atoms with Crippen molar-refractivity contribution in [2.24, 2.45) is 0 Å². The van der Waals surface area contributed by atoms with Crippen molar-refractivity contribution in [2.45, 2.75) is 19.4 Å². The fraction of sp³-hybridized carbons (Fsp3) is 0.417. The molecule has 0 radical (unpaired) electrons. The Morgan fingerprint density at radius 2 is 2.40 bits per heavy atom. The molecule has 1 aliphatic heterocycles. The van der Waals surface area contributed by atoms with Gasteiger partial charge in [0, 0.05) is 12.3 Å². The molecule has 0 bridgehead atoms. The molecule has 0 aliphatic carbocycles. The fourth-order valence-corrected chi connectivity index (χ4v) is 1.72. The monoisotopic (exact) mass is 202 g/mol. The summed E-state index contributed by atoms with van der Waals surface area (Å²) in [6, 6.07) is 8.24. The summed E-state index contributed by atoms with van der Waals surface area (Å²) in [5.74, 6) is 0. The first-order valence-corrected chi connectivity index (χ1v) is 5.14.